The van der Waals surface area contributed by atoms with Gasteiger partial charge < -0.3 is 5.32 Å². The second-order valence-electron chi connectivity index (χ2n) is 5.92. The van der Waals surface area contributed by atoms with Gasteiger partial charge in [0, 0.05) is 11.6 Å². The fourth-order valence-corrected chi connectivity index (χ4v) is 2.58. The second-order valence-corrected chi connectivity index (χ2v) is 5.92. The smallest absolute Gasteiger partial charge is 0.130 e. The summed E-state index contributed by atoms with van der Waals surface area (Å²) in [4.78, 5) is 0. The fraction of sp³-hybridized carbons (Fsp3) is 0.368. The highest BCUT2D eigenvalue weighted by molar-refractivity contribution is 5.31. The summed E-state index contributed by atoms with van der Waals surface area (Å²) in [5, 5.41) is 3.23. The lowest BCUT2D eigenvalue weighted by Crippen LogP contribution is -2.20. The van der Waals surface area contributed by atoms with Gasteiger partial charge in [-0.2, -0.15) is 0 Å². The zero-order valence-corrected chi connectivity index (χ0v) is 13.3. The van der Waals surface area contributed by atoms with E-state index in [-0.39, 0.29) is 11.9 Å². The van der Waals surface area contributed by atoms with Crippen molar-refractivity contribution in [2.75, 3.05) is 7.05 Å². The Morgan fingerprint density at radius 2 is 1.71 bits per heavy atom. The van der Waals surface area contributed by atoms with Crippen molar-refractivity contribution in [3.8, 4) is 0 Å². The normalized spacial score (nSPS) is 12.7. The van der Waals surface area contributed by atoms with Crippen LogP contribution in [0.15, 0.2) is 42.5 Å². The first-order chi connectivity index (χ1) is 10.0. The molecule has 112 valence electrons. The molecule has 0 saturated carbocycles. The lowest BCUT2D eigenvalue weighted by molar-refractivity contribution is 0.529. The summed E-state index contributed by atoms with van der Waals surface area (Å²) in [6.07, 6.45) is 0.787. The first kappa shape index (κ1) is 15.7. The van der Waals surface area contributed by atoms with Gasteiger partial charge in [0.25, 0.3) is 0 Å². The van der Waals surface area contributed by atoms with Crippen molar-refractivity contribution < 1.29 is 4.39 Å². The summed E-state index contributed by atoms with van der Waals surface area (Å²) in [5.74, 6) is 0.434. The number of likely N-dealkylation sites (N-methyl/N-ethyl adjacent to an activating group) is 1. The maximum atomic E-state index is 14.3. The van der Waals surface area contributed by atoms with Crippen molar-refractivity contribution in [1.29, 1.82) is 0 Å². The minimum atomic E-state index is -0.101. The Kier molecular flexibility index (Phi) is 5.13. The van der Waals surface area contributed by atoms with Gasteiger partial charge >= 0.3 is 0 Å². The molecule has 0 saturated heterocycles. The van der Waals surface area contributed by atoms with E-state index in [4.69, 9.17) is 0 Å². The minimum Gasteiger partial charge on any atom is -0.313 e. The highest BCUT2D eigenvalue weighted by Gasteiger charge is 2.15. The standard InChI is InChI=1S/C19H24FN/c1-13(2)16-10-8-15(9-11-16)12-18(21-4)17-7-5-6-14(3)19(17)20/h5-11,13,18,21H,12H2,1-4H3. The molecule has 0 aromatic heterocycles. The third-order valence-corrected chi connectivity index (χ3v) is 4.03. The van der Waals surface area contributed by atoms with Gasteiger partial charge in [0.15, 0.2) is 0 Å². The van der Waals surface area contributed by atoms with Crippen LogP contribution in [0.4, 0.5) is 4.39 Å². The summed E-state index contributed by atoms with van der Waals surface area (Å²) in [6.45, 7) is 6.18. The Bertz CT molecular complexity index is 587. The van der Waals surface area contributed by atoms with E-state index in [0.29, 0.717) is 11.5 Å². The van der Waals surface area contributed by atoms with Crippen molar-refractivity contribution in [2.24, 2.45) is 0 Å². The van der Waals surface area contributed by atoms with E-state index in [0.717, 1.165) is 12.0 Å². The van der Waals surface area contributed by atoms with Gasteiger partial charge in [0.2, 0.25) is 0 Å². The van der Waals surface area contributed by atoms with Gasteiger partial charge in [-0.25, -0.2) is 4.39 Å². The zero-order valence-electron chi connectivity index (χ0n) is 13.3. The van der Waals surface area contributed by atoms with Crippen molar-refractivity contribution >= 4 is 0 Å². The Hall–Kier alpha value is -1.67. The molecule has 2 rings (SSSR count). The number of rotatable bonds is 5. The molecule has 0 amide bonds. The molecule has 1 nitrogen and oxygen atoms in total. The lowest BCUT2D eigenvalue weighted by Gasteiger charge is -2.19. The van der Waals surface area contributed by atoms with Gasteiger partial charge in [-0.1, -0.05) is 56.3 Å². The number of nitrogens with one attached hydrogen (secondary N) is 1. The SMILES string of the molecule is CNC(Cc1ccc(C(C)C)cc1)c1cccc(C)c1F. The third kappa shape index (κ3) is 3.70. The molecule has 0 spiro atoms. The molecule has 0 aliphatic heterocycles. The van der Waals surface area contributed by atoms with Crippen LogP contribution in [0.2, 0.25) is 0 Å². The third-order valence-electron chi connectivity index (χ3n) is 4.03. The van der Waals surface area contributed by atoms with Gasteiger partial charge in [-0.05, 0) is 43.0 Å². The molecule has 2 aromatic rings. The Morgan fingerprint density at radius 1 is 1.05 bits per heavy atom. The van der Waals surface area contributed by atoms with Crippen LogP contribution >= 0.6 is 0 Å². The van der Waals surface area contributed by atoms with Crippen molar-refractivity contribution in [2.45, 2.75) is 39.2 Å². The monoisotopic (exact) mass is 285 g/mol. The Morgan fingerprint density at radius 3 is 2.29 bits per heavy atom. The quantitative estimate of drug-likeness (QED) is 0.835. The summed E-state index contributed by atoms with van der Waals surface area (Å²) in [6, 6.07) is 14.2. The maximum Gasteiger partial charge on any atom is 0.130 e. The molecule has 1 N–H and O–H groups in total. The average Bonchev–Trinajstić information content (AvgIpc) is 2.48. The lowest BCUT2D eigenvalue weighted by atomic mass is 9.95. The molecular weight excluding hydrogens is 261 g/mol. The summed E-state index contributed by atoms with van der Waals surface area (Å²) >= 11 is 0. The van der Waals surface area contributed by atoms with Gasteiger partial charge in [0.1, 0.15) is 5.82 Å². The topological polar surface area (TPSA) is 12.0 Å². The van der Waals surface area contributed by atoms with Crippen LogP contribution in [-0.2, 0) is 6.42 Å². The summed E-state index contributed by atoms with van der Waals surface area (Å²) in [7, 11) is 1.88. The van der Waals surface area contributed by atoms with Gasteiger partial charge in [-0.3, -0.25) is 0 Å². The van der Waals surface area contributed by atoms with Crippen LogP contribution in [0, 0.1) is 12.7 Å². The average molecular weight is 285 g/mol. The van der Waals surface area contributed by atoms with Crippen LogP contribution in [0.5, 0.6) is 0 Å². The number of hydrogen-bond donors (Lipinski definition) is 1. The first-order valence-corrected chi connectivity index (χ1v) is 7.54. The van der Waals surface area contributed by atoms with Crippen molar-refractivity contribution in [3.05, 3.63) is 70.5 Å². The zero-order chi connectivity index (χ0) is 15.4. The van der Waals surface area contributed by atoms with Crippen LogP contribution in [0.1, 0.15) is 48.1 Å². The van der Waals surface area contributed by atoms with Crippen LogP contribution < -0.4 is 5.32 Å². The highest BCUT2D eigenvalue weighted by Crippen LogP contribution is 2.24. The van der Waals surface area contributed by atoms with E-state index in [9.17, 15) is 4.39 Å². The molecule has 0 aliphatic carbocycles. The van der Waals surface area contributed by atoms with Crippen LogP contribution in [-0.4, -0.2) is 7.05 Å². The minimum absolute atomic E-state index is 0.00481. The fourth-order valence-electron chi connectivity index (χ4n) is 2.58. The molecule has 2 aromatic carbocycles. The van der Waals surface area contributed by atoms with E-state index < -0.39 is 0 Å². The van der Waals surface area contributed by atoms with Gasteiger partial charge in [-0.15, -0.1) is 0 Å². The van der Waals surface area contributed by atoms with E-state index in [2.05, 4.69) is 43.4 Å². The Balaban J connectivity index is 2.21. The predicted octanol–water partition coefficient (Wildman–Crippen LogP) is 4.76. The van der Waals surface area contributed by atoms with Crippen LogP contribution in [0.25, 0.3) is 0 Å². The number of benzene rings is 2. The molecule has 0 bridgehead atoms. The van der Waals surface area contributed by atoms with E-state index in [1.165, 1.54) is 11.1 Å². The highest BCUT2D eigenvalue weighted by atomic mass is 19.1. The van der Waals surface area contributed by atoms with Crippen LogP contribution in [0.3, 0.4) is 0 Å². The Labute approximate surface area is 127 Å². The van der Waals surface area contributed by atoms with E-state index in [1.807, 2.05) is 32.2 Å². The van der Waals surface area contributed by atoms with E-state index in [1.54, 1.807) is 0 Å². The van der Waals surface area contributed by atoms with Crippen molar-refractivity contribution in [3.63, 3.8) is 0 Å². The molecule has 0 radical (unpaired) electrons. The molecule has 0 fully saturated rings. The predicted molar refractivity (Wildman–Crippen MR) is 87.2 cm³/mol. The molecule has 1 unspecified atom stereocenters. The second kappa shape index (κ2) is 6.86. The summed E-state index contributed by atoms with van der Waals surface area (Å²) in [5.41, 5.74) is 3.99. The summed E-state index contributed by atoms with van der Waals surface area (Å²) < 4.78 is 14.3. The van der Waals surface area contributed by atoms with Crippen molar-refractivity contribution in [1.82, 2.24) is 5.32 Å². The molecule has 1 atom stereocenters. The molecule has 0 aliphatic rings. The molecule has 21 heavy (non-hydrogen) atoms. The van der Waals surface area contributed by atoms with Gasteiger partial charge in [0.05, 0.1) is 0 Å². The number of halogens is 1. The number of aryl methyl sites for hydroxylation is 1. The largest absolute Gasteiger partial charge is 0.313 e. The number of hydrogen-bond acceptors (Lipinski definition) is 1. The molecule has 0 heterocycles. The molecular formula is C19H24FN. The van der Waals surface area contributed by atoms with E-state index >= 15 is 0 Å². The molecule has 2 heteroatoms. The first-order valence-electron chi connectivity index (χ1n) is 7.54. The maximum absolute atomic E-state index is 14.3.